The quantitative estimate of drug-likeness (QED) is 0.920. The number of hydrogen-bond donors (Lipinski definition) is 1. The number of fused-ring (bicyclic) bond motifs is 1. The average Bonchev–Trinajstić information content (AvgIpc) is 2.96. The van der Waals surface area contributed by atoms with Gasteiger partial charge in [0.2, 0.25) is 0 Å². The van der Waals surface area contributed by atoms with Crippen molar-refractivity contribution in [3.8, 4) is 0 Å². The standard InChI is InChI=1S/C12H15N3S2/c1-8(14-12-7-13-15-17-12)11-6-9-4-2-3-5-10(9)16-11/h6-8,14H,2-5H2,1H3. The maximum atomic E-state index is 3.87. The number of anilines is 1. The smallest absolute Gasteiger partial charge is 0.130 e. The van der Waals surface area contributed by atoms with Gasteiger partial charge in [-0.2, -0.15) is 0 Å². The predicted molar refractivity (Wildman–Crippen MR) is 72.9 cm³/mol. The van der Waals surface area contributed by atoms with Crippen LogP contribution in [-0.2, 0) is 12.8 Å². The molecule has 1 aliphatic rings. The SMILES string of the molecule is CC(Nc1cnns1)c1cc2c(s1)CCCC2. The summed E-state index contributed by atoms with van der Waals surface area (Å²) in [6.07, 6.45) is 7.03. The molecule has 0 saturated carbocycles. The van der Waals surface area contributed by atoms with E-state index in [0.717, 1.165) is 5.00 Å². The number of rotatable bonds is 3. The molecule has 2 aromatic heterocycles. The Kier molecular flexibility index (Phi) is 3.11. The zero-order valence-corrected chi connectivity index (χ0v) is 11.4. The van der Waals surface area contributed by atoms with Crippen molar-refractivity contribution in [2.45, 2.75) is 38.6 Å². The Labute approximate surface area is 109 Å². The van der Waals surface area contributed by atoms with Gasteiger partial charge >= 0.3 is 0 Å². The average molecular weight is 265 g/mol. The van der Waals surface area contributed by atoms with E-state index in [0.29, 0.717) is 6.04 Å². The van der Waals surface area contributed by atoms with Crippen molar-refractivity contribution >= 4 is 27.9 Å². The number of thiophene rings is 1. The molecule has 3 nitrogen and oxygen atoms in total. The molecule has 0 bridgehead atoms. The molecule has 2 aromatic rings. The third kappa shape index (κ3) is 2.35. The Bertz CT molecular complexity index is 466. The minimum Gasteiger partial charge on any atom is -0.367 e. The Morgan fingerprint density at radius 1 is 1.35 bits per heavy atom. The number of nitrogens with one attached hydrogen (secondary N) is 1. The normalized spacial score (nSPS) is 16.5. The highest BCUT2D eigenvalue weighted by molar-refractivity contribution is 7.12. The Balaban J connectivity index is 1.77. The van der Waals surface area contributed by atoms with Crippen LogP contribution in [0.25, 0.3) is 0 Å². The molecule has 1 atom stereocenters. The third-order valence-electron chi connectivity index (χ3n) is 3.16. The number of hydrogen-bond acceptors (Lipinski definition) is 5. The molecule has 1 N–H and O–H groups in total. The summed E-state index contributed by atoms with van der Waals surface area (Å²) in [5.41, 5.74) is 1.58. The van der Waals surface area contributed by atoms with Crippen molar-refractivity contribution < 1.29 is 0 Å². The summed E-state index contributed by atoms with van der Waals surface area (Å²) in [5.74, 6) is 0. The molecule has 0 fully saturated rings. The van der Waals surface area contributed by atoms with Crippen molar-refractivity contribution in [1.82, 2.24) is 9.59 Å². The van der Waals surface area contributed by atoms with Crippen LogP contribution in [0.4, 0.5) is 5.00 Å². The molecule has 0 saturated heterocycles. The predicted octanol–water partition coefficient (Wildman–Crippen LogP) is 3.65. The van der Waals surface area contributed by atoms with Crippen LogP contribution in [-0.4, -0.2) is 9.59 Å². The summed E-state index contributed by atoms with van der Waals surface area (Å²) < 4.78 is 3.87. The van der Waals surface area contributed by atoms with Crippen molar-refractivity contribution in [2.24, 2.45) is 0 Å². The van der Waals surface area contributed by atoms with Crippen molar-refractivity contribution in [1.29, 1.82) is 0 Å². The first-order chi connectivity index (χ1) is 8.33. The first kappa shape index (κ1) is 11.2. The highest BCUT2D eigenvalue weighted by atomic mass is 32.1. The summed E-state index contributed by atoms with van der Waals surface area (Å²) >= 11 is 3.38. The summed E-state index contributed by atoms with van der Waals surface area (Å²) in [7, 11) is 0. The lowest BCUT2D eigenvalue weighted by atomic mass is 9.99. The molecular weight excluding hydrogens is 250 g/mol. The van der Waals surface area contributed by atoms with Gasteiger partial charge in [-0.25, -0.2) is 0 Å². The van der Waals surface area contributed by atoms with E-state index in [4.69, 9.17) is 0 Å². The van der Waals surface area contributed by atoms with E-state index in [1.807, 2.05) is 11.3 Å². The van der Waals surface area contributed by atoms with Crippen LogP contribution < -0.4 is 5.32 Å². The Morgan fingerprint density at radius 2 is 2.24 bits per heavy atom. The highest BCUT2D eigenvalue weighted by Crippen LogP contribution is 2.34. The highest BCUT2D eigenvalue weighted by Gasteiger charge is 2.16. The number of nitrogens with zero attached hydrogens (tertiary/aromatic N) is 2. The lowest BCUT2D eigenvalue weighted by molar-refractivity contribution is 0.696. The first-order valence-corrected chi connectivity index (χ1v) is 7.57. The van der Waals surface area contributed by atoms with Crippen molar-refractivity contribution in [2.75, 3.05) is 5.32 Å². The maximum Gasteiger partial charge on any atom is 0.130 e. The fraction of sp³-hybridized carbons (Fsp3) is 0.500. The second kappa shape index (κ2) is 4.74. The van der Waals surface area contributed by atoms with E-state index in [-0.39, 0.29) is 0 Å². The maximum absolute atomic E-state index is 3.87. The van der Waals surface area contributed by atoms with Crippen molar-refractivity contribution in [3.05, 3.63) is 27.6 Å². The van der Waals surface area contributed by atoms with Gasteiger partial charge in [0.25, 0.3) is 0 Å². The topological polar surface area (TPSA) is 37.8 Å². The minimum atomic E-state index is 0.354. The Hall–Kier alpha value is -0.940. The molecule has 90 valence electrons. The number of aryl methyl sites for hydroxylation is 2. The molecule has 3 rings (SSSR count). The van der Waals surface area contributed by atoms with Gasteiger partial charge in [0, 0.05) is 21.3 Å². The van der Waals surface area contributed by atoms with Gasteiger partial charge in [-0.3, -0.25) is 0 Å². The van der Waals surface area contributed by atoms with Gasteiger partial charge in [-0.1, -0.05) is 4.49 Å². The van der Waals surface area contributed by atoms with E-state index in [1.54, 1.807) is 16.6 Å². The van der Waals surface area contributed by atoms with E-state index < -0.39 is 0 Å². The molecule has 1 unspecified atom stereocenters. The fourth-order valence-electron chi connectivity index (χ4n) is 2.24. The van der Waals surface area contributed by atoms with Crippen LogP contribution in [0.15, 0.2) is 12.3 Å². The van der Waals surface area contributed by atoms with Gasteiger partial charge in [-0.05, 0) is 44.2 Å². The van der Waals surface area contributed by atoms with Gasteiger partial charge in [-0.15, -0.1) is 16.4 Å². The van der Waals surface area contributed by atoms with E-state index in [9.17, 15) is 0 Å². The monoisotopic (exact) mass is 265 g/mol. The van der Waals surface area contributed by atoms with Crippen LogP contribution >= 0.6 is 22.9 Å². The van der Waals surface area contributed by atoms with Gasteiger partial charge in [0.05, 0.1) is 12.2 Å². The summed E-state index contributed by atoms with van der Waals surface area (Å²) in [6, 6.07) is 2.73. The molecule has 17 heavy (non-hydrogen) atoms. The fourth-order valence-corrected chi connectivity index (χ4v) is 4.01. The first-order valence-electron chi connectivity index (χ1n) is 5.98. The zero-order valence-electron chi connectivity index (χ0n) is 9.77. The van der Waals surface area contributed by atoms with Gasteiger partial charge < -0.3 is 5.32 Å². The van der Waals surface area contributed by atoms with Gasteiger partial charge in [0.1, 0.15) is 5.00 Å². The molecular formula is C12H15N3S2. The van der Waals surface area contributed by atoms with Crippen LogP contribution in [0.5, 0.6) is 0 Å². The minimum absolute atomic E-state index is 0.354. The molecule has 2 heterocycles. The lowest BCUT2D eigenvalue weighted by Gasteiger charge is -2.10. The van der Waals surface area contributed by atoms with Crippen LogP contribution in [0.3, 0.4) is 0 Å². The third-order valence-corrected chi connectivity index (χ3v) is 5.18. The van der Waals surface area contributed by atoms with E-state index in [1.165, 1.54) is 42.1 Å². The van der Waals surface area contributed by atoms with Gasteiger partial charge in [0.15, 0.2) is 0 Å². The van der Waals surface area contributed by atoms with Crippen LogP contribution in [0, 0.1) is 0 Å². The summed E-state index contributed by atoms with van der Waals surface area (Å²) in [5, 5.41) is 8.34. The molecule has 0 radical (unpaired) electrons. The molecule has 0 amide bonds. The van der Waals surface area contributed by atoms with Crippen LogP contribution in [0.2, 0.25) is 0 Å². The number of aromatic nitrogens is 2. The Morgan fingerprint density at radius 3 is 3.00 bits per heavy atom. The largest absolute Gasteiger partial charge is 0.367 e. The molecule has 5 heteroatoms. The van der Waals surface area contributed by atoms with E-state index in [2.05, 4.69) is 27.9 Å². The second-order valence-electron chi connectivity index (χ2n) is 4.45. The summed E-state index contributed by atoms with van der Waals surface area (Å²) in [4.78, 5) is 3.03. The lowest BCUT2D eigenvalue weighted by Crippen LogP contribution is -2.03. The van der Waals surface area contributed by atoms with Crippen molar-refractivity contribution in [3.63, 3.8) is 0 Å². The van der Waals surface area contributed by atoms with E-state index >= 15 is 0 Å². The molecule has 0 aliphatic heterocycles. The molecule has 0 aromatic carbocycles. The summed E-state index contributed by atoms with van der Waals surface area (Å²) in [6.45, 7) is 2.21. The molecule has 0 spiro atoms. The zero-order chi connectivity index (χ0) is 11.7. The van der Waals surface area contributed by atoms with Crippen LogP contribution in [0.1, 0.15) is 41.1 Å². The second-order valence-corrected chi connectivity index (χ2v) is 6.41. The molecule has 1 aliphatic carbocycles.